The Balaban J connectivity index is 1.92. The summed E-state index contributed by atoms with van der Waals surface area (Å²) in [7, 11) is 0. The van der Waals surface area contributed by atoms with Crippen LogP contribution in [0.25, 0.3) is 0 Å². The number of aryl methyl sites for hydroxylation is 1. The van der Waals surface area contributed by atoms with Crippen LogP contribution in [-0.4, -0.2) is 27.1 Å². The molecule has 0 unspecified atom stereocenters. The highest BCUT2D eigenvalue weighted by molar-refractivity contribution is 7.10. The highest BCUT2D eigenvalue weighted by atomic mass is 32.1. The molecule has 1 amide bonds. The van der Waals surface area contributed by atoms with Crippen molar-refractivity contribution in [3.05, 3.63) is 33.0 Å². The maximum atomic E-state index is 12.0. The molecule has 102 valence electrons. The Bertz CT molecular complexity index is 525. The fraction of sp³-hybridized carbons (Fsp3) is 0.417. The van der Waals surface area contributed by atoms with Crippen LogP contribution >= 0.6 is 22.9 Å². The van der Waals surface area contributed by atoms with Crippen LogP contribution in [0.2, 0.25) is 0 Å². The highest BCUT2D eigenvalue weighted by Crippen LogP contribution is 2.18. The second-order valence-corrected chi connectivity index (χ2v) is 5.77. The van der Waals surface area contributed by atoms with Gasteiger partial charge in [0.25, 0.3) is 5.91 Å². The summed E-state index contributed by atoms with van der Waals surface area (Å²) >= 11 is 2.56. The van der Waals surface area contributed by atoms with Crippen LogP contribution < -0.4 is 5.32 Å². The maximum absolute atomic E-state index is 12.0. The summed E-state index contributed by atoms with van der Waals surface area (Å²) in [5.41, 5.74) is 0.732. The van der Waals surface area contributed by atoms with Crippen LogP contribution in [0.15, 0.2) is 17.5 Å². The lowest BCUT2D eigenvalue weighted by atomic mass is 10.2. The molecular weight excluding hydrogens is 282 g/mol. The number of thiophene rings is 1. The van der Waals surface area contributed by atoms with Crippen LogP contribution in [0.5, 0.6) is 0 Å². The SMILES string of the molecule is CCCc1nnsc1C(=O)NC[C@@H](O)c1cccs1. The van der Waals surface area contributed by atoms with E-state index in [0.29, 0.717) is 4.88 Å². The van der Waals surface area contributed by atoms with E-state index in [-0.39, 0.29) is 12.5 Å². The lowest BCUT2D eigenvalue weighted by Gasteiger charge is -2.09. The van der Waals surface area contributed by atoms with E-state index < -0.39 is 6.10 Å². The van der Waals surface area contributed by atoms with Crippen molar-refractivity contribution in [2.24, 2.45) is 0 Å². The van der Waals surface area contributed by atoms with Crippen LogP contribution in [0.3, 0.4) is 0 Å². The summed E-state index contributed by atoms with van der Waals surface area (Å²) in [5.74, 6) is -0.214. The fourth-order valence-electron chi connectivity index (χ4n) is 1.63. The number of hydrogen-bond acceptors (Lipinski definition) is 6. The number of aromatic nitrogens is 2. The molecule has 2 rings (SSSR count). The van der Waals surface area contributed by atoms with Gasteiger partial charge in [0, 0.05) is 11.4 Å². The first-order chi connectivity index (χ1) is 9.22. The van der Waals surface area contributed by atoms with Gasteiger partial charge in [-0.1, -0.05) is 23.9 Å². The number of hydrogen-bond donors (Lipinski definition) is 2. The lowest BCUT2D eigenvalue weighted by molar-refractivity contribution is 0.0921. The second-order valence-electron chi connectivity index (χ2n) is 4.04. The largest absolute Gasteiger partial charge is 0.386 e. The number of rotatable bonds is 6. The topological polar surface area (TPSA) is 75.1 Å². The van der Waals surface area contributed by atoms with Gasteiger partial charge in [-0.2, -0.15) is 0 Å². The van der Waals surface area contributed by atoms with Crippen molar-refractivity contribution in [3.63, 3.8) is 0 Å². The minimum atomic E-state index is -0.667. The van der Waals surface area contributed by atoms with Gasteiger partial charge >= 0.3 is 0 Å². The second kappa shape index (κ2) is 6.74. The third-order valence-corrected chi connectivity index (χ3v) is 4.32. The Labute approximate surface area is 119 Å². The van der Waals surface area contributed by atoms with E-state index in [1.54, 1.807) is 0 Å². The third kappa shape index (κ3) is 3.59. The van der Waals surface area contributed by atoms with Gasteiger partial charge in [0.15, 0.2) is 0 Å². The molecule has 7 heteroatoms. The Hall–Kier alpha value is -1.31. The van der Waals surface area contributed by atoms with Gasteiger partial charge in [0.2, 0.25) is 0 Å². The zero-order valence-electron chi connectivity index (χ0n) is 10.5. The van der Waals surface area contributed by atoms with Gasteiger partial charge in [-0.05, 0) is 29.4 Å². The molecule has 0 spiro atoms. The minimum Gasteiger partial charge on any atom is -0.386 e. The number of nitrogens with one attached hydrogen (secondary N) is 1. The summed E-state index contributed by atoms with van der Waals surface area (Å²) in [6, 6.07) is 3.72. The zero-order valence-corrected chi connectivity index (χ0v) is 12.1. The Morgan fingerprint density at radius 2 is 2.42 bits per heavy atom. The molecule has 0 saturated carbocycles. The van der Waals surface area contributed by atoms with Gasteiger partial charge in [0.1, 0.15) is 11.0 Å². The Morgan fingerprint density at radius 3 is 3.11 bits per heavy atom. The minimum absolute atomic E-state index is 0.197. The van der Waals surface area contributed by atoms with Crippen molar-refractivity contribution in [3.8, 4) is 0 Å². The fourth-order valence-corrected chi connectivity index (χ4v) is 2.97. The number of aliphatic hydroxyl groups is 1. The number of carbonyl (C=O) groups excluding carboxylic acids is 1. The summed E-state index contributed by atoms with van der Waals surface area (Å²) in [4.78, 5) is 13.4. The lowest BCUT2D eigenvalue weighted by Crippen LogP contribution is -2.28. The smallest absolute Gasteiger partial charge is 0.265 e. The van der Waals surface area contributed by atoms with Crippen molar-refractivity contribution in [2.45, 2.75) is 25.9 Å². The van der Waals surface area contributed by atoms with E-state index in [2.05, 4.69) is 14.9 Å². The maximum Gasteiger partial charge on any atom is 0.265 e. The summed E-state index contributed by atoms with van der Waals surface area (Å²) in [6.07, 6.45) is 0.996. The molecule has 1 atom stereocenters. The molecule has 2 heterocycles. The van der Waals surface area contributed by atoms with Gasteiger partial charge < -0.3 is 10.4 Å². The average Bonchev–Trinajstić information content (AvgIpc) is 3.06. The zero-order chi connectivity index (χ0) is 13.7. The quantitative estimate of drug-likeness (QED) is 0.855. The molecule has 0 aromatic carbocycles. The molecule has 0 radical (unpaired) electrons. The predicted octanol–water partition coefficient (Wildman–Crippen LogP) is 2.02. The van der Waals surface area contributed by atoms with Crippen molar-refractivity contribution < 1.29 is 9.90 Å². The molecule has 5 nitrogen and oxygen atoms in total. The highest BCUT2D eigenvalue weighted by Gasteiger charge is 2.17. The first kappa shape index (κ1) is 14.1. The summed E-state index contributed by atoms with van der Waals surface area (Å²) in [5, 5.41) is 18.5. The average molecular weight is 297 g/mol. The number of carbonyl (C=O) groups is 1. The van der Waals surface area contributed by atoms with Crippen LogP contribution in [-0.2, 0) is 6.42 Å². The van der Waals surface area contributed by atoms with E-state index >= 15 is 0 Å². The molecule has 2 aromatic rings. The van der Waals surface area contributed by atoms with Gasteiger partial charge in [-0.25, -0.2) is 0 Å². The van der Waals surface area contributed by atoms with E-state index in [9.17, 15) is 9.90 Å². The molecule has 0 fully saturated rings. The summed E-state index contributed by atoms with van der Waals surface area (Å²) < 4.78 is 3.81. The van der Waals surface area contributed by atoms with Crippen molar-refractivity contribution in [1.29, 1.82) is 0 Å². The molecule has 0 saturated heterocycles. The number of nitrogens with zero attached hydrogens (tertiary/aromatic N) is 2. The van der Waals surface area contributed by atoms with Crippen molar-refractivity contribution >= 4 is 28.8 Å². The first-order valence-electron chi connectivity index (χ1n) is 6.03. The predicted molar refractivity (Wildman–Crippen MR) is 75.5 cm³/mol. The molecule has 2 aromatic heterocycles. The van der Waals surface area contributed by atoms with Crippen LogP contribution in [0.4, 0.5) is 0 Å². The standard InChI is InChI=1S/C12H15N3O2S2/c1-2-4-8-11(19-15-14-8)12(17)13-7-9(16)10-5-3-6-18-10/h3,5-6,9,16H,2,4,7H2,1H3,(H,13,17)/t9-/m1/s1. The first-order valence-corrected chi connectivity index (χ1v) is 7.68. The van der Waals surface area contributed by atoms with Crippen LogP contribution in [0, 0.1) is 0 Å². The number of aliphatic hydroxyl groups excluding tert-OH is 1. The molecule has 0 aliphatic heterocycles. The van der Waals surface area contributed by atoms with Gasteiger partial charge in [0.05, 0.1) is 5.69 Å². The van der Waals surface area contributed by atoms with Gasteiger partial charge in [-0.15, -0.1) is 16.4 Å². The number of amides is 1. The normalized spacial score (nSPS) is 12.3. The van der Waals surface area contributed by atoms with E-state index in [0.717, 1.165) is 34.9 Å². The summed E-state index contributed by atoms with van der Waals surface area (Å²) in [6.45, 7) is 2.23. The van der Waals surface area contributed by atoms with E-state index in [4.69, 9.17) is 0 Å². The Kier molecular flexibility index (Phi) is 5.00. The van der Waals surface area contributed by atoms with E-state index in [1.165, 1.54) is 11.3 Å². The molecule has 2 N–H and O–H groups in total. The van der Waals surface area contributed by atoms with Gasteiger partial charge in [-0.3, -0.25) is 4.79 Å². The van der Waals surface area contributed by atoms with E-state index in [1.807, 2.05) is 24.4 Å². The van der Waals surface area contributed by atoms with Crippen molar-refractivity contribution in [1.82, 2.24) is 14.9 Å². The van der Waals surface area contributed by atoms with Crippen molar-refractivity contribution in [2.75, 3.05) is 6.54 Å². The molecule has 0 bridgehead atoms. The van der Waals surface area contributed by atoms with Crippen LogP contribution in [0.1, 0.15) is 39.7 Å². The molecule has 0 aliphatic rings. The third-order valence-electron chi connectivity index (χ3n) is 2.58. The molecule has 0 aliphatic carbocycles. The monoisotopic (exact) mass is 297 g/mol. The molecule has 19 heavy (non-hydrogen) atoms. The Morgan fingerprint density at radius 1 is 1.58 bits per heavy atom. The molecular formula is C12H15N3O2S2.